The molecule has 0 atom stereocenters. The second-order valence-corrected chi connectivity index (χ2v) is 11.9. The third-order valence-corrected chi connectivity index (χ3v) is 9.01. The van der Waals surface area contributed by atoms with E-state index in [2.05, 4.69) is 72.8 Å². The maximum absolute atomic E-state index is 9.24. The lowest BCUT2D eigenvalue weighted by Gasteiger charge is -2.14. The summed E-state index contributed by atoms with van der Waals surface area (Å²) in [5.74, 6) is 1.72. The van der Waals surface area contributed by atoms with E-state index in [1.807, 2.05) is 91.0 Å². The number of nitriles is 1. The van der Waals surface area contributed by atoms with Crippen molar-refractivity contribution >= 4 is 32.7 Å². The van der Waals surface area contributed by atoms with Gasteiger partial charge >= 0.3 is 0 Å². The van der Waals surface area contributed by atoms with Crippen LogP contribution < -0.4 is 0 Å². The Hall–Kier alpha value is -6.90. The molecule has 0 saturated carbocycles. The van der Waals surface area contributed by atoms with Crippen molar-refractivity contribution in [3.8, 4) is 62.5 Å². The molecule has 0 radical (unpaired) electrons. The van der Waals surface area contributed by atoms with Gasteiger partial charge in [-0.25, -0.2) is 15.0 Å². The average Bonchev–Trinajstić information content (AvgIpc) is 3.56. The van der Waals surface area contributed by atoms with E-state index in [0.29, 0.717) is 23.0 Å². The smallest absolute Gasteiger partial charge is 0.168 e. The maximum Gasteiger partial charge on any atom is 0.168 e. The van der Waals surface area contributed by atoms with Crippen molar-refractivity contribution in [1.29, 1.82) is 5.26 Å². The third kappa shape index (κ3) is 5.00. The number of benzene rings is 7. The van der Waals surface area contributed by atoms with Gasteiger partial charge in [0.2, 0.25) is 0 Å². The van der Waals surface area contributed by atoms with E-state index in [0.717, 1.165) is 71.7 Å². The number of rotatable bonds is 5. The van der Waals surface area contributed by atoms with Crippen LogP contribution in [0.2, 0.25) is 0 Å². The van der Waals surface area contributed by atoms with Crippen molar-refractivity contribution < 1.29 is 4.42 Å². The van der Waals surface area contributed by atoms with Crippen LogP contribution in [0.4, 0.5) is 0 Å². The molecule has 0 aliphatic heterocycles. The van der Waals surface area contributed by atoms with Crippen LogP contribution in [0.3, 0.4) is 0 Å². The van der Waals surface area contributed by atoms with Crippen molar-refractivity contribution in [3.63, 3.8) is 0 Å². The van der Waals surface area contributed by atoms with E-state index in [1.54, 1.807) is 0 Å². The largest absolute Gasteiger partial charge is 0.455 e. The molecule has 228 valence electrons. The molecular weight excluding hydrogens is 601 g/mol. The summed E-state index contributed by atoms with van der Waals surface area (Å²) < 4.78 is 6.65. The molecule has 0 saturated heterocycles. The maximum atomic E-state index is 9.24. The Bertz CT molecular complexity index is 2700. The lowest BCUT2D eigenvalue weighted by molar-refractivity contribution is 0.669. The zero-order valence-corrected chi connectivity index (χ0v) is 26.2. The molecule has 0 fully saturated rings. The van der Waals surface area contributed by atoms with Gasteiger partial charge in [-0.15, -0.1) is 0 Å². The fourth-order valence-corrected chi connectivity index (χ4v) is 6.58. The summed E-state index contributed by atoms with van der Waals surface area (Å²) >= 11 is 0. The van der Waals surface area contributed by atoms with Gasteiger partial charge in [0.05, 0.1) is 17.2 Å². The number of nitrogens with zero attached hydrogens (tertiary/aromatic N) is 4. The van der Waals surface area contributed by atoms with Crippen LogP contribution in [-0.2, 0) is 0 Å². The Labute approximate surface area is 282 Å². The summed E-state index contributed by atoms with van der Waals surface area (Å²) in [4.78, 5) is 15.4. The molecule has 9 aromatic rings. The van der Waals surface area contributed by atoms with Crippen LogP contribution in [0, 0.1) is 11.3 Å². The molecular formula is C44H26N4O. The molecule has 0 spiro atoms. The highest BCUT2D eigenvalue weighted by Gasteiger charge is 2.22. The first kappa shape index (κ1) is 28.3. The summed E-state index contributed by atoms with van der Waals surface area (Å²) in [6.07, 6.45) is 0. The molecule has 7 aromatic carbocycles. The summed E-state index contributed by atoms with van der Waals surface area (Å²) in [5, 5.41) is 13.5. The topological polar surface area (TPSA) is 75.6 Å². The lowest BCUT2D eigenvalue weighted by atomic mass is 9.94. The van der Waals surface area contributed by atoms with E-state index in [-0.39, 0.29) is 0 Å². The molecule has 0 amide bonds. The predicted octanol–water partition coefficient (Wildman–Crippen LogP) is 11.1. The summed E-state index contributed by atoms with van der Waals surface area (Å²) in [7, 11) is 0. The van der Waals surface area contributed by atoms with Crippen LogP contribution in [0.15, 0.2) is 162 Å². The number of hydrogen-bond acceptors (Lipinski definition) is 5. The van der Waals surface area contributed by atoms with Gasteiger partial charge in [-0.1, -0.05) is 133 Å². The van der Waals surface area contributed by atoms with Crippen LogP contribution in [-0.4, -0.2) is 15.0 Å². The zero-order valence-electron chi connectivity index (χ0n) is 26.2. The molecule has 5 heteroatoms. The summed E-state index contributed by atoms with van der Waals surface area (Å²) in [5.41, 5.74) is 8.87. The average molecular weight is 627 g/mol. The van der Waals surface area contributed by atoms with Gasteiger partial charge in [0.25, 0.3) is 0 Å². The normalized spacial score (nSPS) is 11.2. The van der Waals surface area contributed by atoms with Crippen LogP contribution in [0.25, 0.3) is 89.1 Å². The van der Waals surface area contributed by atoms with Crippen molar-refractivity contribution in [2.24, 2.45) is 0 Å². The Balaban J connectivity index is 1.30. The summed E-state index contributed by atoms with van der Waals surface area (Å²) in [6.45, 7) is 0. The fourth-order valence-electron chi connectivity index (χ4n) is 6.58. The first-order valence-corrected chi connectivity index (χ1v) is 16.1. The minimum atomic E-state index is 0.535. The summed E-state index contributed by atoms with van der Waals surface area (Å²) in [6, 6.07) is 55.2. The van der Waals surface area contributed by atoms with Crippen LogP contribution in [0.1, 0.15) is 5.56 Å². The van der Waals surface area contributed by atoms with Gasteiger partial charge in [-0.05, 0) is 57.3 Å². The standard InChI is InChI=1S/C44H26N4O/c45-27-28-17-19-29(20-18-28)30-21-23-32(24-22-30)35-25-26-37-36-14-6-7-16-39(36)49-41(37)40(35)44-47-42(33-10-2-1-3-11-33)46-43(48-44)38-15-8-12-31-9-4-5-13-34(31)38/h1-26H. The second-order valence-electron chi connectivity index (χ2n) is 11.9. The first-order chi connectivity index (χ1) is 24.2. The number of aromatic nitrogens is 3. The highest BCUT2D eigenvalue weighted by molar-refractivity contribution is 6.12. The lowest BCUT2D eigenvalue weighted by Crippen LogP contribution is -2.01. The Morgan fingerprint density at radius 3 is 1.86 bits per heavy atom. The van der Waals surface area contributed by atoms with Crippen molar-refractivity contribution in [2.45, 2.75) is 0 Å². The first-order valence-electron chi connectivity index (χ1n) is 16.1. The molecule has 0 aliphatic rings. The van der Waals surface area contributed by atoms with Gasteiger partial charge in [0, 0.05) is 21.9 Å². The van der Waals surface area contributed by atoms with Crippen LogP contribution >= 0.6 is 0 Å². The van der Waals surface area contributed by atoms with Gasteiger partial charge in [0.15, 0.2) is 17.5 Å². The third-order valence-electron chi connectivity index (χ3n) is 9.01. The molecule has 5 nitrogen and oxygen atoms in total. The fraction of sp³-hybridized carbons (Fsp3) is 0. The molecule has 0 N–H and O–H groups in total. The molecule has 2 heterocycles. The van der Waals surface area contributed by atoms with E-state index >= 15 is 0 Å². The van der Waals surface area contributed by atoms with E-state index in [1.165, 1.54) is 0 Å². The Kier molecular flexibility index (Phi) is 6.78. The van der Waals surface area contributed by atoms with Crippen molar-refractivity contribution in [3.05, 3.63) is 163 Å². The number of hydrogen-bond donors (Lipinski definition) is 0. The highest BCUT2D eigenvalue weighted by Crippen LogP contribution is 2.42. The number of para-hydroxylation sites is 1. The van der Waals surface area contributed by atoms with E-state index in [9.17, 15) is 5.26 Å². The van der Waals surface area contributed by atoms with Crippen LogP contribution in [0.5, 0.6) is 0 Å². The highest BCUT2D eigenvalue weighted by atomic mass is 16.3. The van der Waals surface area contributed by atoms with Gasteiger partial charge in [0.1, 0.15) is 11.2 Å². The predicted molar refractivity (Wildman–Crippen MR) is 197 cm³/mol. The zero-order chi connectivity index (χ0) is 32.7. The van der Waals surface area contributed by atoms with Gasteiger partial charge < -0.3 is 4.42 Å². The molecule has 2 aromatic heterocycles. The Morgan fingerprint density at radius 1 is 0.429 bits per heavy atom. The minimum Gasteiger partial charge on any atom is -0.455 e. The van der Waals surface area contributed by atoms with Crippen molar-refractivity contribution in [1.82, 2.24) is 15.0 Å². The second kappa shape index (κ2) is 11.7. The number of furan rings is 1. The minimum absolute atomic E-state index is 0.535. The molecule has 0 unspecified atom stereocenters. The van der Waals surface area contributed by atoms with Gasteiger partial charge in [-0.3, -0.25) is 0 Å². The Morgan fingerprint density at radius 2 is 1.06 bits per heavy atom. The van der Waals surface area contributed by atoms with Crippen molar-refractivity contribution in [2.75, 3.05) is 0 Å². The SMILES string of the molecule is N#Cc1ccc(-c2ccc(-c3ccc4c(oc5ccccc54)c3-c3nc(-c4ccccc4)nc(-c4cccc5ccccc45)n3)cc2)cc1. The quantitative estimate of drug-likeness (QED) is 0.190. The molecule has 0 bridgehead atoms. The monoisotopic (exact) mass is 626 g/mol. The van der Waals surface area contributed by atoms with Gasteiger partial charge in [-0.2, -0.15) is 5.26 Å². The molecule has 49 heavy (non-hydrogen) atoms. The van der Waals surface area contributed by atoms with E-state index < -0.39 is 0 Å². The molecule has 9 rings (SSSR count). The molecule has 0 aliphatic carbocycles. The van der Waals surface area contributed by atoms with E-state index in [4.69, 9.17) is 19.4 Å². The number of fused-ring (bicyclic) bond motifs is 4.